The van der Waals surface area contributed by atoms with Gasteiger partial charge in [-0.05, 0) is 98.0 Å². The van der Waals surface area contributed by atoms with Crippen molar-refractivity contribution in [2.24, 2.45) is 4.36 Å². The Labute approximate surface area is 187 Å². The van der Waals surface area contributed by atoms with Gasteiger partial charge in [0.15, 0.2) is 9.92 Å². The van der Waals surface area contributed by atoms with Crippen LogP contribution < -0.4 is 10.0 Å². The summed E-state index contributed by atoms with van der Waals surface area (Å²) in [5, 5.41) is 2.96. The standard InChI is InChI=1S/C24H26N4O3S/c29-23-20-9-8-15(14-28-10-3-11-28)12-21(20)32(31,26-23)27-24(30)25-22-18-6-1-4-16(18)13-17-5-2-7-19(17)22/h8-9,12-13H,1-7,10-11,14H2,(H2,25,26,27,29,30,31). The number of benzene rings is 2. The van der Waals surface area contributed by atoms with E-state index in [9.17, 15) is 13.8 Å². The molecular weight excluding hydrogens is 424 g/mol. The minimum atomic E-state index is -3.36. The normalized spacial score (nSPS) is 23.2. The highest BCUT2D eigenvalue weighted by atomic mass is 32.2. The van der Waals surface area contributed by atoms with Crippen molar-refractivity contribution in [1.82, 2.24) is 9.62 Å². The quantitative estimate of drug-likeness (QED) is 0.748. The summed E-state index contributed by atoms with van der Waals surface area (Å²) in [6.07, 6.45) is 7.28. The molecule has 0 saturated carbocycles. The van der Waals surface area contributed by atoms with Crippen LogP contribution in [0.25, 0.3) is 0 Å². The lowest BCUT2D eigenvalue weighted by Crippen LogP contribution is -2.36. The number of fused-ring (bicyclic) bond motifs is 3. The van der Waals surface area contributed by atoms with E-state index in [1.807, 2.05) is 6.07 Å². The van der Waals surface area contributed by atoms with Crippen molar-refractivity contribution in [3.05, 3.63) is 57.6 Å². The van der Waals surface area contributed by atoms with Crippen LogP contribution >= 0.6 is 0 Å². The summed E-state index contributed by atoms with van der Waals surface area (Å²) >= 11 is 0. The van der Waals surface area contributed by atoms with Crippen molar-refractivity contribution in [1.29, 1.82) is 0 Å². The second kappa shape index (κ2) is 7.42. The summed E-state index contributed by atoms with van der Waals surface area (Å²) < 4.78 is 20.1. The zero-order valence-corrected chi connectivity index (χ0v) is 18.7. The molecule has 166 valence electrons. The van der Waals surface area contributed by atoms with Gasteiger partial charge < -0.3 is 5.32 Å². The number of nitrogens with one attached hydrogen (secondary N) is 2. The molecule has 0 spiro atoms. The van der Waals surface area contributed by atoms with Gasteiger partial charge in [0.1, 0.15) is 0 Å². The van der Waals surface area contributed by atoms with Gasteiger partial charge in [-0.15, -0.1) is 4.36 Å². The summed E-state index contributed by atoms with van der Waals surface area (Å²) in [6, 6.07) is 6.98. The lowest BCUT2D eigenvalue weighted by molar-refractivity contribution is 0.0985. The van der Waals surface area contributed by atoms with Gasteiger partial charge in [-0.3, -0.25) is 14.4 Å². The molecule has 1 unspecified atom stereocenters. The fraction of sp³-hybridized carbons (Fsp3) is 0.417. The number of anilines is 1. The summed E-state index contributed by atoms with van der Waals surface area (Å²) in [5.41, 5.74) is 7.16. The highest BCUT2D eigenvalue weighted by Crippen LogP contribution is 2.39. The number of hydrogen-bond acceptors (Lipinski definition) is 4. The molecule has 2 aromatic rings. The number of carbonyl (C=O) groups excluding carboxylic acids is 2. The molecule has 7 nitrogen and oxygen atoms in total. The first-order valence-electron chi connectivity index (χ1n) is 11.4. The Hall–Kier alpha value is -2.71. The first kappa shape index (κ1) is 19.9. The summed E-state index contributed by atoms with van der Waals surface area (Å²) in [7, 11) is -3.36. The number of rotatable bonds is 3. The monoisotopic (exact) mass is 450 g/mol. The van der Waals surface area contributed by atoms with Crippen LogP contribution in [0.1, 0.15) is 57.4 Å². The Kier molecular flexibility index (Phi) is 4.62. The molecule has 2 aliphatic heterocycles. The Morgan fingerprint density at radius 2 is 1.75 bits per heavy atom. The third-order valence-electron chi connectivity index (χ3n) is 7.09. The SMILES string of the molecule is O=C(N=S1(=O)NC(=O)c2ccc(CN3CCC3)cc21)Nc1c2c(cc3c1CCC3)CCC2. The average molecular weight is 451 g/mol. The largest absolute Gasteiger partial charge is 0.355 e. The Balaban J connectivity index is 1.34. The molecule has 2 heterocycles. The third kappa shape index (κ3) is 3.24. The lowest BCUT2D eigenvalue weighted by atomic mass is 9.99. The van der Waals surface area contributed by atoms with E-state index in [2.05, 4.69) is 25.4 Å². The van der Waals surface area contributed by atoms with E-state index >= 15 is 0 Å². The average Bonchev–Trinajstić information content (AvgIpc) is 3.44. The molecular formula is C24H26N4O3S. The Bertz CT molecular complexity index is 1260. The Morgan fingerprint density at radius 1 is 1.03 bits per heavy atom. The number of nitrogens with zero attached hydrogens (tertiary/aromatic N) is 2. The number of urea groups is 1. The molecule has 2 aromatic carbocycles. The maximum absolute atomic E-state index is 13.6. The van der Waals surface area contributed by atoms with Crippen LogP contribution in [0.3, 0.4) is 0 Å². The van der Waals surface area contributed by atoms with Gasteiger partial charge in [-0.1, -0.05) is 12.1 Å². The number of aryl methyl sites for hydroxylation is 2. The fourth-order valence-corrected chi connectivity index (χ4v) is 7.07. The van der Waals surface area contributed by atoms with Crippen LogP contribution in [0.15, 0.2) is 33.5 Å². The van der Waals surface area contributed by atoms with E-state index in [4.69, 9.17) is 0 Å². The summed E-state index contributed by atoms with van der Waals surface area (Å²) in [5.74, 6) is -0.446. The minimum absolute atomic E-state index is 0.319. The smallest absolute Gasteiger partial charge is 0.305 e. The van der Waals surface area contributed by atoms with Crippen LogP contribution in [0, 0.1) is 0 Å². The van der Waals surface area contributed by atoms with Crippen LogP contribution in [0.5, 0.6) is 0 Å². The third-order valence-corrected chi connectivity index (χ3v) is 8.91. The van der Waals surface area contributed by atoms with Crippen molar-refractivity contribution in [3.63, 3.8) is 0 Å². The molecule has 32 heavy (non-hydrogen) atoms. The maximum Gasteiger partial charge on any atom is 0.355 e. The number of hydrogen-bond donors (Lipinski definition) is 2. The predicted octanol–water partition coefficient (Wildman–Crippen LogP) is 3.59. The first-order chi connectivity index (χ1) is 15.5. The zero-order chi connectivity index (χ0) is 21.9. The summed E-state index contributed by atoms with van der Waals surface area (Å²) in [6.45, 7) is 2.83. The molecule has 6 rings (SSSR count). The van der Waals surface area contributed by atoms with Crippen molar-refractivity contribution in [3.8, 4) is 0 Å². The highest BCUT2D eigenvalue weighted by Gasteiger charge is 2.33. The van der Waals surface area contributed by atoms with Gasteiger partial charge in [-0.25, -0.2) is 9.00 Å². The second-order valence-corrected chi connectivity index (χ2v) is 11.1. The number of amides is 3. The van der Waals surface area contributed by atoms with Gasteiger partial charge in [0, 0.05) is 12.2 Å². The molecule has 1 saturated heterocycles. The van der Waals surface area contributed by atoms with E-state index in [0.29, 0.717) is 10.5 Å². The van der Waals surface area contributed by atoms with E-state index in [1.165, 1.54) is 28.7 Å². The molecule has 4 aliphatic rings. The lowest BCUT2D eigenvalue weighted by Gasteiger charge is -2.30. The molecule has 2 N–H and O–H groups in total. The molecule has 1 atom stereocenters. The van der Waals surface area contributed by atoms with Crippen molar-refractivity contribution in [2.75, 3.05) is 18.4 Å². The van der Waals surface area contributed by atoms with Gasteiger partial charge >= 0.3 is 6.03 Å². The molecule has 0 aromatic heterocycles. The van der Waals surface area contributed by atoms with Crippen molar-refractivity contribution < 1.29 is 13.8 Å². The van der Waals surface area contributed by atoms with Gasteiger partial charge in [0.25, 0.3) is 5.91 Å². The maximum atomic E-state index is 13.6. The van der Waals surface area contributed by atoms with Crippen molar-refractivity contribution in [2.45, 2.75) is 56.4 Å². The van der Waals surface area contributed by atoms with Gasteiger partial charge in [-0.2, -0.15) is 0 Å². The Morgan fingerprint density at radius 3 is 2.41 bits per heavy atom. The molecule has 8 heteroatoms. The van der Waals surface area contributed by atoms with Crippen LogP contribution in [0.2, 0.25) is 0 Å². The predicted molar refractivity (Wildman–Crippen MR) is 122 cm³/mol. The van der Waals surface area contributed by atoms with E-state index in [-0.39, 0.29) is 0 Å². The molecule has 0 radical (unpaired) electrons. The number of likely N-dealkylation sites (tertiary alicyclic amines) is 1. The second-order valence-electron chi connectivity index (χ2n) is 9.17. The minimum Gasteiger partial charge on any atom is -0.305 e. The zero-order valence-electron chi connectivity index (χ0n) is 17.9. The fourth-order valence-electron chi connectivity index (χ4n) is 5.40. The van der Waals surface area contributed by atoms with Gasteiger partial charge in [0.05, 0.1) is 10.5 Å². The molecule has 2 aliphatic carbocycles. The van der Waals surface area contributed by atoms with Crippen LogP contribution in [0.4, 0.5) is 10.5 Å². The van der Waals surface area contributed by atoms with Crippen LogP contribution in [-0.2, 0) is 42.1 Å². The number of carbonyl (C=O) groups is 2. The van der Waals surface area contributed by atoms with Gasteiger partial charge in [0.2, 0.25) is 0 Å². The van der Waals surface area contributed by atoms with E-state index in [1.54, 1.807) is 12.1 Å². The van der Waals surface area contributed by atoms with E-state index in [0.717, 1.165) is 69.4 Å². The van der Waals surface area contributed by atoms with Crippen molar-refractivity contribution >= 4 is 27.5 Å². The summed E-state index contributed by atoms with van der Waals surface area (Å²) in [4.78, 5) is 28.0. The first-order valence-corrected chi connectivity index (χ1v) is 12.9. The van der Waals surface area contributed by atoms with E-state index < -0.39 is 21.9 Å². The van der Waals surface area contributed by atoms with Crippen LogP contribution in [-0.4, -0.2) is 34.1 Å². The molecule has 0 bridgehead atoms. The highest BCUT2D eigenvalue weighted by molar-refractivity contribution is 7.93. The molecule has 1 fully saturated rings. The molecule has 3 amide bonds. The topological polar surface area (TPSA) is 90.9 Å².